The molecule has 2 heterocycles. The summed E-state index contributed by atoms with van der Waals surface area (Å²) in [5.41, 5.74) is 1.01. The molecule has 0 radical (unpaired) electrons. The van der Waals surface area contributed by atoms with E-state index in [4.69, 9.17) is 9.94 Å². The van der Waals surface area contributed by atoms with Gasteiger partial charge in [-0.2, -0.15) is 5.10 Å². The fourth-order valence-corrected chi connectivity index (χ4v) is 2.55. The molecule has 1 atom stereocenters. The van der Waals surface area contributed by atoms with Gasteiger partial charge in [-0.3, -0.25) is 9.69 Å². The van der Waals surface area contributed by atoms with Crippen LogP contribution in [0.3, 0.4) is 0 Å². The summed E-state index contributed by atoms with van der Waals surface area (Å²) < 4.78 is 20.9. The van der Waals surface area contributed by atoms with Crippen LogP contribution in [0.2, 0.25) is 0 Å². The summed E-state index contributed by atoms with van der Waals surface area (Å²) in [7, 11) is 0. The van der Waals surface area contributed by atoms with E-state index in [9.17, 15) is 14.0 Å². The fourth-order valence-electron chi connectivity index (χ4n) is 2.55. The number of nitrogens with one attached hydrogen (secondary N) is 1. The highest BCUT2D eigenvalue weighted by molar-refractivity contribution is 5.90. The lowest BCUT2D eigenvalue weighted by Crippen LogP contribution is -2.33. The summed E-state index contributed by atoms with van der Waals surface area (Å²) in [5, 5.41) is 18.0. The minimum atomic E-state index is -0.604. The lowest BCUT2D eigenvalue weighted by Gasteiger charge is -2.14. The first-order valence-corrected chi connectivity index (χ1v) is 7.72. The van der Waals surface area contributed by atoms with Crippen LogP contribution in [0.1, 0.15) is 12.5 Å². The fraction of sp³-hybridized carbons (Fsp3) is 0.250. The molecule has 1 aromatic carbocycles. The van der Waals surface area contributed by atoms with E-state index in [2.05, 4.69) is 15.6 Å². The van der Waals surface area contributed by atoms with E-state index in [1.54, 1.807) is 6.07 Å². The standard InChI is InChI=1S/C16H16FN5O4/c1-10(23)18-7-13-9-21(16(24)26-13)12-2-3-15(14(17)4-12)22-8-11(5-19-22)6-20-25/h2-6,8,13,25H,7,9H2,1H3,(H,18,23)/t13-/m0/s1. The second kappa shape index (κ2) is 7.21. The van der Waals surface area contributed by atoms with Crippen LogP contribution in [0.5, 0.6) is 0 Å². The summed E-state index contributed by atoms with van der Waals surface area (Å²) in [6.07, 6.45) is 2.97. The van der Waals surface area contributed by atoms with Gasteiger partial charge in [0.15, 0.2) is 5.82 Å². The third-order valence-electron chi connectivity index (χ3n) is 3.75. The first kappa shape index (κ1) is 17.4. The Hall–Kier alpha value is -3.43. The van der Waals surface area contributed by atoms with E-state index >= 15 is 0 Å². The number of oxime groups is 1. The van der Waals surface area contributed by atoms with Crippen molar-refractivity contribution in [1.82, 2.24) is 15.1 Å². The van der Waals surface area contributed by atoms with Crippen LogP contribution in [0.25, 0.3) is 5.69 Å². The maximum atomic E-state index is 14.5. The van der Waals surface area contributed by atoms with E-state index in [0.29, 0.717) is 11.3 Å². The van der Waals surface area contributed by atoms with Crippen molar-refractivity contribution in [2.75, 3.05) is 18.0 Å². The van der Waals surface area contributed by atoms with Gasteiger partial charge in [-0.15, -0.1) is 0 Å². The molecule has 3 rings (SSSR count). The Morgan fingerprint density at radius 3 is 3.08 bits per heavy atom. The smallest absolute Gasteiger partial charge is 0.414 e. The van der Waals surface area contributed by atoms with Crippen LogP contribution >= 0.6 is 0 Å². The number of rotatable bonds is 5. The van der Waals surface area contributed by atoms with Gasteiger partial charge in [-0.05, 0) is 18.2 Å². The summed E-state index contributed by atoms with van der Waals surface area (Å²) in [5.74, 6) is -0.809. The van der Waals surface area contributed by atoms with Crippen molar-refractivity contribution in [2.45, 2.75) is 13.0 Å². The normalized spacial score (nSPS) is 16.9. The molecule has 1 aromatic heterocycles. The molecule has 1 aliphatic heterocycles. The number of amides is 2. The number of halogens is 1. The molecule has 2 amide bonds. The number of anilines is 1. The van der Waals surface area contributed by atoms with Crippen LogP contribution in [0.4, 0.5) is 14.9 Å². The molecule has 136 valence electrons. The van der Waals surface area contributed by atoms with Crippen molar-refractivity contribution in [2.24, 2.45) is 5.16 Å². The number of ether oxygens (including phenoxy) is 1. The largest absolute Gasteiger partial charge is 0.442 e. The molecule has 1 aliphatic rings. The first-order chi connectivity index (χ1) is 12.5. The van der Waals surface area contributed by atoms with Crippen LogP contribution in [0, 0.1) is 5.82 Å². The summed E-state index contributed by atoms with van der Waals surface area (Å²) in [6.45, 7) is 1.77. The summed E-state index contributed by atoms with van der Waals surface area (Å²) in [4.78, 5) is 24.2. The van der Waals surface area contributed by atoms with Gasteiger partial charge < -0.3 is 15.3 Å². The third kappa shape index (κ3) is 3.63. The molecule has 0 bridgehead atoms. The number of cyclic esters (lactones) is 1. The Balaban J connectivity index is 1.76. The molecule has 1 saturated heterocycles. The average Bonchev–Trinajstić information content (AvgIpc) is 3.20. The quantitative estimate of drug-likeness (QED) is 0.474. The van der Waals surface area contributed by atoms with Crippen LogP contribution < -0.4 is 10.2 Å². The third-order valence-corrected chi connectivity index (χ3v) is 3.75. The summed E-state index contributed by atoms with van der Waals surface area (Å²) >= 11 is 0. The van der Waals surface area contributed by atoms with E-state index in [-0.39, 0.29) is 24.7 Å². The van der Waals surface area contributed by atoms with Crippen molar-refractivity contribution in [3.63, 3.8) is 0 Å². The number of aromatic nitrogens is 2. The number of hydrogen-bond acceptors (Lipinski definition) is 6. The van der Waals surface area contributed by atoms with E-state index in [1.807, 2.05) is 0 Å². The first-order valence-electron chi connectivity index (χ1n) is 7.72. The minimum Gasteiger partial charge on any atom is -0.442 e. The Kier molecular flexibility index (Phi) is 4.83. The highest BCUT2D eigenvalue weighted by atomic mass is 19.1. The SMILES string of the molecule is CC(=O)NC[C@H]1CN(c2ccc(-n3cc(C=NO)cn3)c(F)c2)C(=O)O1. The van der Waals surface area contributed by atoms with E-state index in [0.717, 1.165) is 0 Å². The monoisotopic (exact) mass is 361 g/mol. The highest BCUT2D eigenvalue weighted by Crippen LogP contribution is 2.25. The number of nitrogens with zero attached hydrogens (tertiary/aromatic N) is 4. The van der Waals surface area contributed by atoms with Crippen molar-refractivity contribution >= 4 is 23.9 Å². The van der Waals surface area contributed by atoms with Crippen LogP contribution in [-0.2, 0) is 9.53 Å². The van der Waals surface area contributed by atoms with Gasteiger partial charge in [-0.25, -0.2) is 13.9 Å². The Bertz CT molecular complexity index is 866. The lowest BCUT2D eigenvalue weighted by molar-refractivity contribution is -0.119. The predicted molar refractivity (Wildman–Crippen MR) is 89.2 cm³/mol. The number of hydrogen-bond donors (Lipinski definition) is 2. The Morgan fingerprint density at radius 2 is 2.38 bits per heavy atom. The predicted octanol–water partition coefficient (Wildman–Crippen LogP) is 1.28. The zero-order valence-electron chi connectivity index (χ0n) is 13.8. The van der Waals surface area contributed by atoms with E-state index < -0.39 is 18.0 Å². The molecule has 2 aromatic rings. The zero-order valence-corrected chi connectivity index (χ0v) is 13.8. The Morgan fingerprint density at radius 1 is 1.58 bits per heavy atom. The molecule has 2 N–H and O–H groups in total. The molecule has 9 nitrogen and oxygen atoms in total. The maximum absolute atomic E-state index is 14.5. The molecule has 1 fully saturated rings. The number of carbonyl (C=O) groups is 2. The van der Waals surface area contributed by atoms with Crippen molar-refractivity contribution in [1.29, 1.82) is 0 Å². The van der Waals surface area contributed by atoms with Gasteiger partial charge in [0.2, 0.25) is 5.91 Å². The molecule has 0 unspecified atom stereocenters. The van der Waals surface area contributed by atoms with Crippen molar-refractivity contribution < 1.29 is 23.9 Å². The second-order valence-electron chi connectivity index (χ2n) is 5.65. The molecule has 0 saturated carbocycles. The average molecular weight is 361 g/mol. The van der Waals surface area contributed by atoms with Gasteiger partial charge in [0.1, 0.15) is 11.8 Å². The van der Waals surface area contributed by atoms with Gasteiger partial charge in [-0.1, -0.05) is 5.16 Å². The van der Waals surface area contributed by atoms with Crippen LogP contribution in [0.15, 0.2) is 35.7 Å². The molecule has 0 aliphatic carbocycles. The van der Waals surface area contributed by atoms with Gasteiger partial charge in [0.05, 0.1) is 31.2 Å². The van der Waals surface area contributed by atoms with Gasteiger partial charge in [0, 0.05) is 18.7 Å². The second-order valence-corrected chi connectivity index (χ2v) is 5.65. The topological polar surface area (TPSA) is 109 Å². The zero-order chi connectivity index (χ0) is 18.7. The lowest BCUT2D eigenvalue weighted by atomic mass is 10.2. The highest BCUT2D eigenvalue weighted by Gasteiger charge is 2.32. The molecule has 0 spiro atoms. The number of carbonyl (C=O) groups excluding carboxylic acids is 2. The molecular weight excluding hydrogens is 345 g/mol. The van der Waals surface area contributed by atoms with E-state index in [1.165, 1.54) is 47.2 Å². The van der Waals surface area contributed by atoms with Gasteiger partial charge >= 0.3 is 6.09 Å². The number of benzene rings is 1. The summed E-state index contributed by atoms with van der Waals surface area (Å²) in [6, 6.07) is 4.26. The minimum absolute atomic E-state index is 0.175. The van der Waals surface area contributed by atoms with Gasteiger partial charge in [0.25, 0.3) is 0 Å². The Labute approximate surface area is 147 Å². The maximum Gasteiger partial charge on any atom is 0.414 e. The molecule has 26 heavy (non-hydrogen) atoms. The van der Waals surface area contributed by atoms with Crippen molar-refractivity contribution in [3.8, 4) is 5.69 Å². The molecule has 10 heteroatoms. The molecular formula is C16H16FN5O4. The van der Waals surface area contributed by atoms with Crippen LogP contribution in [-0.4, -0.2) is 52.4 Å². The van der Waals surface area contributed by atoms with Crippen molar-refractivity contribution in [3.05, 3.63) is 42.0 Å².